The van der Waals surface area contributed by atoms with Crippen molar-refractivity contribution < 1.29 is 14.7 Å². The standard InChI is InChI=1S/C19H21N3O5/c1-21-17(24)15(10-20-19(21)27)9-16(23)22-8-2-3-14(11-22)12-4-6-13(7-5-12)18(25)26/h4-7,10,14H,2-3,8-9,11H2,1H3,(H,20,27)(H,25,26)/t14-/m1/s1. The van der Waals surface area contributed by atoms with Gasteiger partial charge in [0.25, 0.3) is 5.56 Å². The second-order valence-corrected chi connectivity index (χ2v) is 6.77. The van der Waals surface area contributed by atoms with Crippen molar-refractivity contribution in [1.29, 1.82) is 0 Å². The van der Waals surface area contributed by atoms with E-state index in [0.717, 1.165) is 23.0 Å². The van der Waals surface area contributed by atoms with Crippen molar-refractivity contribution in [3.8, 4) is 0 Å². The van der Waals surface area contributed by atoms with Crippen molar-refractivity contribution in [1.82, 2.24) is 14.5 Å². The van der Waals surface area contributed by atoms with E-state index in [2.05, 4.69) is 4.98 Å². The number of carbonyl (C=O) groups excluding carboxylic acids is 1. The third-order valence-electron chi connectivity index (χ3n) is 5.00. The number of nitrogens with one attached hydrogen (secondary N) is 1. The molecule has 1 aliphatic heterocycles. The minimum absolute atomic E-state index is 0.0614. The molecule has 142 valence electrons. The summed E-state index contributed by atoms with van der Waals surface area (Å²) in [7, 11) is 1.37. The van der Waals surface area contributed by atoms with Gasteiger partial charge in [0, 0.05) is 37.8 Å². The highest BCUT2D eigenvalue weighted by atomic mass is 16.4. The van der Waals surface area contributed by atoms with Crippen LogP contribution in [-0.4, -0.2) is 44.5 Å². The summed E-state index contributed by atoms with van der Waals surface area (Å²) in [5, 5.41) is 9.00. The smallest absolute Gasteiger partial charge is 0.335 e. The number of aromatic amines is 1. The Balaban J connectivity index is 1.71. The largest absolute Gasteiger partial charge is 0.478 e. The number of likely N-dealkylation sites (tertiary alicyclic amines) is 1. The fraction of sp³-hybridized carbons (Fsp3) is 0.368. The van der Waals surface area contributed by atoms with E-state index in [-0.39, 0.29) is 29.4 Å². The maximum atomic E-state index is 12.6. The molecule has 1 aromatic carbocycles. The van der Waals surface area contributed by atoms with Crippen LogP contribution in [0.15, 0.2) is 40.1 Å². The first-order valence-corrected chi connectivity index (χ1v) is 8.75. The summed E-state index contributed by atoms with van der Waals surface area (Å²) in [6.07, 6.45) is 2.99. The molecular formula is C19H21N3O5. The van der Waals surface area contributed by atoms with Crippen LogP contribution in [0.3, 0.4) is 0 Å². The number of aromatic nitrogens is 2. The molecule has 1 aliphatic rings. The number of carboxylic acids is 1. The SMILES string of the molecule is Cn1c(=O)[nH]cc(CC(=O)N2CCC[C@@H](c3ccc(C(=O)O)cc3)C2)c1=O. The highest BCUT2D eigenvalue weighted by Crippen LogP contribution is 2.27. The van der Waals surface area contributed by atoms with Crippen molar-refractivity contribution in [3.63, 3.8) is 0 Å². The topological polar surface area (TPSA) is 112 Å². The maximum Gasteiger partial charge on any atom is 0.335 e. The molecule has 0 unspecified atom stereocenters. The summed E-state index contributed by atoms with van der Waals surface area (Å²) in [5.41, 5.74) is 0.507. The molecule has 0 radical (unpaired) electrons. The zero-order chi connectivity index (χ0) is 19.6. The van der Waals surface area contributed by atoms with E-state index in [0.29, 0.717) is 13.1 Å². The molecule has 0 aliphatic carbocycles. The number of benzene rings is 1. The fourth-order valence-corrected chi connectivity index (χ4v) is 3.39. The van der Waals surface area contributed by atoms with E-state index in [1.54, 1.807) is 29.2 Å². The van der Waals surface area contributed by atoms with E-state index in [9.17, 15) is 19.2 Å². The van der Waals surface area contributed by atoms with Crippen molar-refractivity contribution in [2.75, 3.05) is 13.1 Å². The van der Waals surface area contributed by atoms with Gasteiger partial charge in [-0.3, -0.25) is 14.2 Å². The Morgan fingerprint density at radius 3 is 2.59 bits per heavy atom. The lowest BCUT2D eigenvalue weighted by atomic mass is 9.90. The maximum absolute atomic E-state index is 12.6. The predicted octanol–water partition coefficient (Wildman–Crippen LogP) is 0.720. The number of nitrogens with zero attached hydrogens (tertiary/aromatic N) is 2. The molecular weight excluding hydrogens is 350 g/mol. The molecule has 8 nitrogen and oxygen atoms in total. The number of piperidine rings is 1. The van der Waals surface area contributed by atoms with Crippen molar-refractivity contribution in [2.24, 2.45) is 7.05 Å². The van der Waals surface area contributed by atoms with Crippen LogP contribution in [0.5, 0.6) is 0 Å². The lowest BCUT2D eigenvalue weighted by molar-refractivity contribution is -0.131. The van der Waals surface area contributed by atoms with E-state index in [1.807, 2.05) is 0 Å². The van der Waals surface area contributed by atoms with Gasteiger partial charge in [-0.2, -0.15) is 0 Å². The normalized spacial score (nSPS) is 16.9. The van der Waals surface area contributed by atoms with Crippen molar-refractivity contribution in [3.05, 3.63) is 68.0 Å². The summed E-state index contributed by atoms with van der Waals surface area (Å²) in [5.74, 6) is -1.00. The van der Waals surface area contributed by atoms with E-state index >= 15 is 0 Å². The first-order valence-electron chi connectivity index (χ1n) is 8.75. The van der Waals surface area contributed by atoms with Gasteiger partial charge >= 0.3 is 11.7 Å². The number of amides is 1. The number of carbonyl (C=O) groups is 2. The molecule has 2 N–H and O–H groups in total. The summed E-state index contributed by atoms with van der Waals surface area (Å²) in [4.78, 5) is 51.3. The minimum atomic E-state index is -0.968. The Morgan fingerprint density at radius 1 is 1.22 bits per heavy atom. The number of H-pyrrole nitrogens is 1. The lowest BCUT2D eigenvalue weighted by Crippen LogP contribution is -2.42. The minimum Gasteiger partial charge on any atom is -0.478 e. The second kappa shape index (κ2) is 7.61. The quantitative estimate of drug-likeness (QED) is 0.822. The number of hydrogen-bond acceptors (Lipinski definition) is 4. The predicted molar refractivity (Wildman–Crippen MR) is 98.0 cm³/mol. The summed E-state index contributed by atoms with van der Waals surface area (Å²) in [6.45, 7) is 1.14. The summed E-state index contributed by atoms with van der Waals surface area (Å²) < 4.78 is 0.950. The average Bonchev–Trinajstić information content (AvgIpc) is 2.68. The zero-order valence-corrected chi connectivity index (χ0v) is 15.0. The molecule has 1 fully saturated rings. The molecule has 0 saturated carbocycles. The van der Waals surface area contributed by atoms with Gasteiger partial charge in [0.15, 0.2) is 0 Å². The monoisotopic (exact) mass is 371 g/mol. The molecule has 2 heterocycles. The van der Waals surface area contributed by atoms with Gasteiger partial charge in [0.1, 0.15) is 0 Å². The number of rotatable bonds is 4. The lowest BCUT2D eigenvalue weighted by Gasteiger charge is -2.33. The van der Waals surface area contributed by atoms with Crippen LogP contribution in [0.1, 0.15) is 40.2 Å². The molecule has 0 bridgehead atoms. The van der Waals surface area contributed by atoms with Crippen LogP contribution in [0.2, 0.25) is 0 Å². The van der Waals surface area contributed by atoms with E-state index < -0.39 is 17.2 Å². The van der Waals surface area contributed by atoms with Crippen LogP contribution in [-0.2, 0) is 18.3 Å². The van der Waals surface area contributed by atoms with E-state index in [1.165, 1.54) is 13.2 Å². The van der Waals surface area contributed by atoms with Gasteiger partial charge in [-0.05, 0) is 30.5 Å². The van der Waals surface area contributed by atoms with Gasteiger partial charge in [-0.1, -0.05) is 12.1 Å². The molecule has 8 heteroatoms. The molecule has 1 atom stereocenters. The fourth-order valence-electron chi connectivity index (χ4n) is 3.39. The Kier molecular flexibility index (Phi) is 5.25. The van der Waals surface area contributed by atoms with Crippen LogP contribution in [0.25, 0.3) is 0 Å². The molecule has 2 aromatic rings. The van der Waals surface area contributed by atoms with Crippen molar-refractivity contribution >= 4 is 11.9 Å². The molecule has 27 heavy (non-hydrogen) atoms. The molecule has 1 saturated heterocycles. The Labute approximate surface area is 155 Å². The molecule has 1 amide bonds. The second-order valence-electron chi connectivity index (χ2n) is 6.77. The van der Waals surface area contributed by atoms with E-state index in [4.69, 9.17) is 5.11 Å². The average molecular weight is 371 g/mol. The highest BCUT2D eigenvalue weighted by Gasteiger charge is 2.25. The summed E-state index contributed by atoms with van der Waals surface area (Å²) in [6, 6.07) is 6.73. The summed E-state index contributed by atoms with van der Waals surface area (Å²) >= 11 is 0. The number of carboxylic acid groups (broad SMARTS) is 1. The first kappa shape index (κ1) is 18.6. The molecule has 1 aromatic heterocycles. The van der Waals surface area contributed by atoms with Crippen molar-refractivity contribution in [2.45, 2.75) is 25.2 Å². The zero-order valence-electron chi connectivity index (χ0n) is 15.0. The Bertz CT molecular complexity index is 974. The van der Waals surface area contributed by atoms with Gasteiger partial charge in [0.05, 0.1) is 12.0 Å². The Hall–Kier alpha value is -3.16. The van der Waals surface area contributed by atoms with Crippen LogP contribution >= 0.6 is 0 Å². The third kappa shape index (κ3) is 3.99. The third-order valence-corrected chi connectivity index (χ3v) is 5.00. The van der Waals surface area contributed by atoms with Crippen LogP contribution in [0.4, 0.5) is 0 Å². The van der Waals surface area contributed by atoms with Gasteiger partial charge < -0.3 is 15.0 Å². The Morgan fingerprint density at radius 2 is 1.93 bits per heavy atom. The molecule has 0 spiro atoms. The van der Waals surface area contributed by atoms with Gasteiger partial charge in [0.2, 0.25) is 5.91 Å². The number of hydrogen-bond donors (Lipinski definition) is 2. The van der Waals surface area contributed by atoms with Crippen LogP contribution in [0, 0.1) is 0 Å². The number of aromatic carboxylic acids is 1. The van der Waals surface area contributed by atoms with Crippen LogP contribution < -0.4 is 11.2 Å². The first-order chi connectivity index (χ1) is 12.9. The highest BCUT2D eigenvalue weighted by molar-refractivity contribution is 5.87. The van der Waals surface area contributed by atoms with Gasteiger partial charge in [-0.15, -0.1) is 0 Å². The molecule has 3 rings (SSSR count). The van der Waals surface area contributed by atoms with Gasteiger partial charge in [-0.25, -0.2) is 9.59 Å².